The van der Waals surface area contributed by atoms with Gasteiger partial charge in [0, 0.05) is 18.3 Å². The van der Waals surface area contributed by atoms with Crippen LogP contribution in [-0.2, 0) is 18.7 Å². The van der Waals surface area contributed by atoms with Gasteiger partial charge in [0.2, 0.25) is 0 Å². The van der Waals surface area contributed by atoms with Gasteiger partial charge in [0.15, 0.2) is 0 Å². The van der Waals surface area contributed by atoms with Gasteiger partial charge < -0.3 is 9.69 Å². The van der Waals surface area contributed by atoms with Gasteiger partial charge >= 0.3 is 7.75 Å². The van der Waals surface area contributed by atoms with E-state index in [9.17, 15) is 14.2 Å². The fourth-order valence-electron chi connectivity index (χ4n) is 2.09. The van der Waals surface area contributed by atoms with E-state index < -0.39 is 13.2 Å². The van der Waals surface area contributed by atoms with Crippen LogP contribution in [-0.4, -0.2) is 23.6 Å². The summed E-state index contributed by atoms with van der Waals surface area (Å²) in [6.45, 7) is 7.72. The van der Waals surface area contributed by atoms with Crippen molar-refractivity contribution >= 4 is 19.8 Å². The minimum atomic E-state index is -3.91. The van der Waals surface area contributed by atoms with Gasteiger partial charge in [-0.25, -0.2) is 10.1 Å². The fourth-order valence-corrected chi connectivity index (χ4v) is 2.62. The van der Waals surface area contributed by atoms with Crippen LogP contribution in [0.5, 0.6) is 0 Å². The predicted octanol–water partition coefficient (Wildman–Crippen LogP) is 3.61. The molecule has 0 heterocycles. The zero-order valence-corrected chi connectivity index (χ0v) is 15.7. The highest BCUT2D eigenvalue weighted by Gasteiger charge is 2.22. The van der Waals surface area contributed by atoms with Crippen LogP contribution in [0.15, 0.2) is 0 Å². The molecule has 0 rings (SSSR count). The predicted molar refractivity (Wildman–Crippen MR) is 90.9 cm³/mol. The lowest BCUT2D eigenvalue weighted by atomic mass is 9.87. The normalized spacial score (nSPS) is 15.2. The number of hydrogen-bond donors (Lipinski definition) is 2. The van der Waals surface area contributed by atoms with Crippen LogP contribution < -0.4 is 5.50 Å². The number of rotatable bonds is 13. The Kier molecular flexibility index (Phi) is 9.44. The molecule has 0 amide bonds. The first-order chi connectivity index (χ1) is 10.4. The lowest BCUT2D eigenvalue weighted by molar-refractivity contribution is -0.120. The molecule has 0 aromatic carbocycles. The van der Waals surface area contributed by atoms with Gasteiger partial charge in [-0.2, -0.15) is 0 Å². The topological polar surface area (TPSA) is 107 Å². The maximum atomic E-state index is 11.8. The number of ketones is 1. The first-order valence-electron chi connectivity index (χ1n) is 8.11. The van der Waals surface area contributed by atoms with Crippen LogP contribution in [0, 0.1) is 10.8 Å². The van der Waals surface area contributed by atoms with E-state index in [0.29, 0.717) is 19.3 Å². The molecule has 0 aromatic heterocycles. The van der Waals surface area contributed by atoms with Crippen LogP contribution in [0.25, 0.3) is 0 Å². The van der Waals surface area contributed by atoms with E-state index in [-0.39, 0.29) is 17.8 Å². The molecule has 3 N–H and O–H groups in total. The summed E-state index contributed by atoms with van der Waals surface area (Å²) >= 11 is 0. The number of Topliss-reactive ketones (excluding diaryl/α,β-unsaturated/α-hetero) is 1. The van der Waals surface area contributed by atoms with Crippen molar-refractivity contribution in [2.45, 2.75) is 72.6 Å². The summed E-state index contributed by atoms with van der Waals surface area (Å²) in [6.07, 6.45) is 5.99. The van der Waals surface area contributed by atoms with Crippen LogP contribution in [0.3, 0.4) is 0 Å². The molecule has 0 saturated carbocycles. The van der Waals surface area contributed by atoms with Crippen molar-refractivity contribution in [1.29, 1.82) is 0 Å². The van der Waals surface area contributed by atoms with Crippen LogP contribution >= 0.6 is 7.75 Å². The van der Waals surface area contributed by atoms with Gasteiger partial charge in [-0.05, 0) is 24.7 Å². The molecule has 6 nitrogen and oxygen atoms in total. The molecule has 0 aliphatic heterocycles. The van der Waals surface area contributed by atoms with Crippen molar-refractivity contribution in [2.75, 3.05) is 6.61 Å². The maximum Gasteiger partial charge on any atom is 0.400 e. The zero-order chi connectivity index (χ0) is 18.1. The van der Waals surface area contributed by atoms with Crippen molar-refractivity contribution in [1.82, 2.24) is 0 Å². The lowest BCUT2D eigenvalue weighted by Gasteiger charge is -2.24. The summed E-state index contributed by atoms with van der Waals surface area (Å²) in [5.41, 5.74) is 4.30. The molecule has 0 aromatic rings. The van der Waals surface area contributed by atoms with Crippen molar-refractivity contribution in [3.63, 3.8) is 0 Å². The summed E-state index contributed by atoms with van der Waals surface area (Å²) in [4.78, 5) is 31.5. The summed E-state index contributed by atoms with van der Waals surface area (Å²) in [7, 11) is -3.91. The van der Waals surface area contributed by atoms with E-state index in [1.165, 1.54) is 0 Å². The second kappa shape index (κ2) is 9.67. The van der Waals surface area contributed by atoms with Crippen LogP contribution in [0.1, 0.15) is 72.6 Å². The molecule has 0 bridgehead atoms. The first kappa shape index (κ1) is 22.4. The largest absolute Gasteiger partial charge is 0.400 e. The molecule has 0 radical (unpaired) electrons. The molecule has 7 heteroatoms. The average molecular weight is 349 g/mol. The Bertz CT molecular complexity index is 428. The minimum absolute atomic E-state index is 0.136. The third-order valence-electron chi connectivity index (χ3n) is 3.82. The van der Waals surface area contributed by atoms with Crippen LogP contribution in [0.4, 0.5) is 0 Å². The van der Waals surface area contributed by atoms with Gasteiger partial charge in [0.05, 0.1) is 6.61 Å². The summed E-state index contributed by atoms with van der Waals surface area (Å²) in [6, 6.07) is 0. The summed E-state index contributed by atoms with van der Waals surface area (Å²) in [5.74, 6) is 0.201. The first-order valence-corrected chi connectivity index (χ1v) is 9.75. The van der Waals surface area contributed by atoms with Gasteiger partial charge in [-0.3, -0.25) is 9.32 Å². The van der Waals surface area contributed by atoms with Gasteiger partial charge in [-0.15, -0.1) is 0 Å². The van der Waals surface area contributed by atoms with Gasteiger partial charge in [0.1, 0.15) is 12.1 Å². The molecule has 0 aliphatic carbocycles. The lowest BCUT2D eigenvalue weighted by Crippen LogP contribution is -2.19. The molecule has 0 spiro atoms. The van der Waals surface area contributed by atoms with Crippen LogP contribution in [0.2, 0.25) is 0 Å². The Balaban J connectivity index is 3.81. The van der Waals surface area contributed by atoms with Gasteiger partial charge in [0.25, 0.3) is 0 Å². The summed E-state index contributed by atoms with van der Waals surface area (Å²) < 4.78 is 15.7. The monoisotopic (exact) mass is 349 g/mol. The highest BCUT2D eigenvalue weighted by molar-refractivity contribution is 7.50. The highest BCUT2D eigenvalue weighted by atomic mass is 31.2. The molecule has 1 atom stereocenters. The minimum Gasteiger partial charge on any atom is -0.313 e. The number of nitrogens with two attached hydrogens (primary N) is 1. The smallest absolute Gasteiger partial charge is 0.313 e. The molecule has 1 unspecified atom stereocenters. The van der Waals surface area contributed by atoms with Crippen molar-refractivity contribution in [3.8, 4) is 0 Å². The molecule has 0 saturated heterocycles. The van der Waals surface area contributed by atoms with E-state index >= 15 is 0 Å². The highest BCUT2D eigenvalue weighted by Crippen LogP contribution is 2.36. The third-order valence-corrected chi connectivity index (χ3v) is 4.32. The number of unbranched alkanes of at least 4 members (excludes halogenated alkanes) is 2. The Morgan fingerprint density at radius 2 is 1.74 bits per heavy atom. The second-order valence-corrected chi connectivity index (χ2v) is 9.09. The average Bonchev–Trinajstić information content (AvgIpc) is 2.42. The maximum absolute atomic E-state index is 11.8. The number of hydrogen-bond acceptors (Lipinski definition) is 4. The Hall–Kier alpha value is -0.550. The van der Waals surface area contributed by atoms with E-state index in [2.05, 4.69) is 0 Å². The third kappa shape index (κ3) is 13.6. The van der Waals surface area contributed by atoms with E-state index in [4.69, 9.17) is 14.9 Å². The molecular formula is C16H32NO5P. The Morgan fingerprint density at radius 3 is 2.26 bits per heavy atom. The Morgan fingerprint density at radius 1 is 1.13 bits per heavy atom. The van der Waals surface area contributed by atoms with Crippen molar-refractivity contribution < 1.29 is 23.6 Å². The fraction of sp³-hybridized carbons (Fsp3) is 0.875. The standard InChI is InChI=1S/C16H32NO5P/c1-15(2,12-18)11-9-14(19)8-6-5-7-10-16(3,4)13-22-23(17,20)21/h12H,5-11,13H2,1-4H3,(H3,17,20,21). The van der Waals surface area contributed by atoms with E-state index in [0.717, 1.165) is 32.0 Å². The van der Waals surface area contributed by atoms with Crippen molar-refractivity contribution in [2.24, 2.45) is 16.3 Å². The molecule has 0 aliphatic rings. The van der Waals surface area contributed by atoms with Crippen molar-refractivity contribution in [3.05, 3.63) is 0 Å². The number of carbonyl (C=O) groups excluding carboxylic acids is 2. The zero-order valence-electron chi connectivity index (χ0n) is 14.8. The molecule has 0 fully saturated rings. The molecular weight excluding hydrogens is 317 g/mol. The number of carbonyl (C=O) groups is 2. The van der Waals surface area contributed by atoms with E-state index in [1.807, 2.05) is 27.7 Å². The number of aldehydes is 1. The van der Waals surface area contributed by atoms with Gasteiger partial charge in [-0.1, -0.05) is 40.5 Å². The second-order valence-electron chi connectivity index (χ2n) is 7.71. The Labute approximate surface area is 139 Å². The van der Waals surface area contributed by atoms with E-state index in [1.54, 1.807) is 0 Å². The molecule has 23 heavy (non-hydrogen) atoms. The SMILES string of the molecule is CC(C)(C=O)CCC(=O)CCCCCC(C)(C)COP(N)(=O)O. The molecule has 136 valence electrons. The summed E-state index contributed by atoms with van der Waals surface area (Å²) in [5, 5.41) is 0. The quantitative estimate of drug-likeness (QED) is 0.299.